The van der Waals surface area contributed by atoms with Crippen molar-refractivity contribution in [3.05, 3.63) is 23.8 Å². The zero-order valence-corrected chi connectivity index (χ0v) is 11.3. The lowest BCUT2D eigenvalue weighted by Crippen LogP contribution is -2.32. The van der Waals surface area contributed by atoms with Crippen molar-refractivity contribution in [2.45, 2.75) is 33.2 Å². The van der Waals surface area contributed by atoms with Crippen LogP contribution in [0.1, 0.15) is 37.6 Å². The van der Waals surface area contributed by atoms with Gasteiger partial charge >= 0.3 is 0 Å². The zero-order chi connectivity index (χ0) is 13.7. The first-order chi connectivity index (χ1) is 8.47. The van der Waals surface area contributed by atoms with Crippen molar-refractivity contribution < 1.29 is 9.90 Å². The lowest BCUT2D eigenvalue weighted by atomic mass is 10.1. The third-order valence-electron chi connectivity index (χ3n) is 2.93. The summed E-state index contributed by atoms with van der Waals surface area (Å²) in [6, 6.07) is 5.81. The van der Waals surface area contributed by atoms with Crippen molar-refractivity contribution in [3.63, 3.8) is 0 Å². The summed E-state index contributed by atoms with van der Waals surface area (Å²) in [7, 11) is 0. The summed E-state index contributed by atoms with van der Waals surface area (Å²) >= 11 is 0. The minimum absolute atomic E-state index is 0.0276. The smallest absolute Gasteiger partial charge is 0.161 e. The van der Waals surface area contributed by atoms with Gasteiger partial charge in [-0.1, -0.05) is 0 Å². The van der Waals surface area contributed by atoms with Crippen molar-refractivity contribution in [1.82, 2.24) is 0 Å². The molecule has 0 aliphatic rings. The Balaban J connectivity index is 3.05. The number of hydrogen-bond acceptors (Lipinski definition) is 4. The summed E-state index contributed by atoms with van der Waals surface area (Å²) in [4.78, 5) is 13.6. The number of Topliss-reactive ketones (excluding diaryl/α,β-unsaturated/α-hetero) is 1. The van der Waals surface area contributed by atoms with Gasteiger partial charge in [0.1, 0.15) is 0 Å². The molecule has 0 fully saturated rings. The number of nitrogen functional groups attached to an aromatic ring is 1. The Labute approximate surface area is 108 Å². The van der Waals surface area contributed by atoms with Crippen LogP contribution in [0.4, 0.5) is 11.4 Å². The zero-order valence-electron chi connectivity index (χ0n) is 11.3. The number of aliphatic hydroxyl groups excluding tert-OH is 1. The minimum Gasteiger partial charge on any atom is -0.398 e. The molecule has 18 heavy (non-hydrogen) atoms. The third kappa shape index (κ3) is 3.47. The second kappa shape index (κ2) is 6.40. The number of hydrogen-bond donors (Lipinski definition) is 2. The fourth-order valence-electron chi connectivity index (χ4n) is 1.95. The summed E-state index contributed by atoms with van der Waals surface area (Å²) in [6.45, 7) is 6.61. The number of carbonyl (C=O) groups is 1. The van der Waals surface area contributed by atoms with E-state index in [1.54, 1.807) is 6.07 Å². The summed E-state index contributed by atoms with van der Waals surface area (Å²) in [5.41, 5.74) is 7.83. The molecule has 1 aromatic carbocycles. The lowest BCUT2D eigenvalue weighted by Gasteiger charge is -2.29. The van der Waals surface area contributed by atoms with Crippen LogP contribution in [0.2, 0.25) is 0 Å². The monoisotopic (exact) mass is 250 g/mol. The molecule has 3 N–H and O–H groups in total. The van der Waals surface area contributed by atoms with Crippen LogP contribution in [0.5, 0.6) is 0 Å². The Bertz CT molecular complexity index is 416. The number of anilines is 2. The largest absolute Gasteiger partial charge is 0.398 e. The van der Waals surface area contributed by atoms with Crippen LogP contribution in [0.15, 0.2) is 18.2 Å². The maximum atomic E-state index is 11.5. The van der Waals surface area contributed by atoms with Gasteiger partial charge in [0.2, 0.25) is 0 Å². The first-order valence-corrected chi connectivity index (χ1v) is 6.25. The van der Waals surface area contributed by atoms with E-state index in [1.807, 2.05) is 12.1 Å². The molecule has 0 radical (unpaired) electrons. The van der Waals surface area contributed by atoms with Gasteiger partial charge in [-0.25, -0.2) is 0 Å². The second-order valence-corrected chi connectivity index (χ2v) is 4.69. The SMILES string of the molecule is CC(=O)c1cc(N(CCCO)C(C)C)ccc1N. The molecule has 0 heterocycles. The predicted octanol–water partition coefficient (Wildman–Crippen LogP) is 2.07. The van der Waals surface area contributed by atoms with Crippen LogP contribution >= 0.6 is 0 Å². The number of rotatable bonds is 6. The van der Waals surface area contributed by atoms with E-state index in [2.05, 4.69) is 18.7 Å². The molecule has 1 aromatic rings. The summed E-state index contributed by atoms with van der Waals surface area (Å²) in [6.07, 6.45) is 0.706. The van der Waals surface area contributed by atoms with Crippen molar-refractivity contribution in [2.75, 3.05) is 23.8 Å². The van der Waals surface area contributed by atoms with Gasteiger partial charge in [-0.2, -0.15) is 0 Å². The van der Waals surface area contributed by atoms with E-state index in [1.165, 1.54) is 6.92 Å². The summed E-state index contributed by atoms with van der Waals surface area (Å²) in [5, 5.41) is 8.93. The van der Waals surface area contributed by atoms with E-state index in [9.17, 15) is 4.79 Å². The Morgan fingerprint density at radius 3 is 2.61 bits per heavy atom. The van der Waals surface area contributed by atoms with E-state index in [4.69, 9.17) is 10.8 Å². The molecular weight excluding hydrogens is 228 g/mol. The molecule has 0 atom stereocenters. The molecule has 0 spiro atoms. The van der Waals surface area contributed by atoms with Gasteiger partial charge < -0.3 is 15.7 Å². The van der Waals surface area contributed by atoms with Crippen molar-refractivity contribution in [1.29, 1.82) is 0 Å². The van der Waals surface area contributed by atoms with Crippen molar-refractivity contribution >= 4 is 17.2 Å². The highest BCUT2D eigenvalue weighted by Crippen LogP contribution is 2.23. The van der Waals surface area contributed by atoms with Crippen LogP contribution in [0.3, 0.4) is 0 Å². The van der Waals surface area contributed by atoms with Crippen LogP contribution in [-0.4, -0.2) is 30.1 Å². The number of benzene rings is 1. The molecule has 4 nitrogen and oxygen atoms in total. The normalized spacial score (nSPS) is 10.7. The van der Waals surface area contributed by atoms with Crippen LogP contribution in [0, 0.1) is 0 Å². The average Bonchev–Trinajstić information content (AvgIpc) is 2.30. The Hall–Kier alpha value is -1.55. The molecule has 1 rings (SSSR count). The van der Waals surface area contributed by atoms with Crippen LogP contribution in [0.25, 0.3) is 0 Å². The number of nitrogens with two attached hydrogens (primary N) is 1. The molecule has 0 aromatic heterocycles. The fourth-order valence-corrected chi connectivity index (χ4v) is 1.95. The Morgan fingerprint density at radius 2 is 2.11 bits per heavy atom. The van der Waals surface area contributed by atoms with Gasteiger partial charge in [0.25, 0.3) is 0 Å². The topological polar surface area (TPSA) is 66.6 Å². The van der Waals surface area contributed by atoms with E-state index in [-0.39, 0.29) is 12.4 Å². The van der Waals surface area contributed by atoms with E-state index in [0.29, 0.717) is 23.7 Å². The molecule has 0 saturated carbocycles. The molecule has 0 aliphatic carbocycles. The van der Waals surface area contributed by atoms with E-state index >= 15 is 0 Å². The number of ketones is 1. The minimum atomic E-state index is -0.0276. The standard InChI is InChI=1S/C14H22N2O2/c1-10(2)16(7-4-8-17)12-5-6-14(15)13(9-12)11(3)18/h5-6,9-10,17H,4,7-8,15H2,1-3H3. The van der Waals surface area contributed by atoms with Crippen molar-refractivity contribution in [2.24, 2.45) is 0 Å². The highest BCUT2D eigenvalue weighted by Gasteiger charge is 2.13. The number of nitrogens with zero attached hydrogens (tertiary/aromatic N) is 1. The summed E-state index contributed by atoms with van der Waals surface area (Å²) in [5.74, 6) is -0.0276. The van der Waals surface area contributed by atoms with Gasteiger partial charge in [0.05, 0.1) is 0 Å². The lowest BCUT2D eigenvalue weighted by molar-refractivity contribution is 0.101. The molecule has 0 saturated heterocycles. The number of carbonyl (C=O) groups excluding carboxylic acids is 1. The van der Waals surface area contributed by atoms with Gasteiger partial charge in [0.15, 0.2) is 5.78 Å². The Morgan fingerprint density at radius 1 is 1.44 bits per heavy atom. The van der Waals surface area contributed by atoms with E-state index in [0.717, 1.165) is 12.2 Å². The van der Waals surface area contributed by atoms with E-state index < -0.39 is 0 Å². The molecule has 100 valence electrons. The van der Waals surface area contributed by atoms with Crippen molar-refractivity contribution in [3.8, 4) is 0 Å². The van der Waals surface area contributed by atoms with Gasteiger partial charge in [-0.3, -0.25) is 4.79 Å². The van der Waals surface area contributed by atoms with Gasteiger partial charge in [-0.15, -0.1) is 0 Å². The molecule has 0 unspecified atom stereocenters. The molecule has 0 amide bonds. The number of aliphatic hydroxyl groups is 1. The van der Waals surface area contributed by atoms with Gasteiger partial charge in [-0.05, 0) is 45.4 Å². The third-order valence-corrected chi connectivity index (χ3v) is 2.93. The molecule has 0 bridgehead atoms. The predicted molar refractivity (Wildman–Crippen MR) is 75.0 cm³/mol. The van der Waals surface area contributed by atoms with Gasteiger partial charge in [0, 0.05) is 36.1 Å². The second-order valence-electron chi connectivity index (χ2n) is 4.69. The fraction of sp³-hybridized carbons (Fsp3) is 0.500. The first-order valence-electron chi connectivity index (χ1n) is 6.25. The Kier molecular flexibility index (Phi) is 5.16. The van der Waals surface area contributed by atoms with Crippen LogP contribution < -0.4 is 10.6 Å². The van der Waals surface area contributed by atoms with Crippen LogP contribution in [-0.2, 0) is 0 Å². The highest BCUT2D eigenvalue weighted by molar-refractivity contribution is 6.00. The quantitative estimate of drug-likeness (QED) is 0.599. The first kappa shape index (κ1) is 14.5. The maximum absolute atomic E-state index is 11.5. The molecule has 4 heteroatoms. The average molecular weight is 250 g/mol. The summed E-state index contributed by atoms with van der Waals surface area (Å²) < 4.78 is 0. The highest BCUT2D eigenvalue weighted by atomic mass is 16.3. The molecular formula is C14H22N2O2. The maximum Gasteiger partial charge on any atom is 0.161 e. The molecule has 0 aliphatic heterocycles.